The number of hydrogen-bond acceptors (Lipinski definition) is 4. The Hall–Kier alpha value is -1.73. The van der Waals surface area contributed by atoms with Crippen LogP contribution in [-0.4, -0.2) is 25.7 Å². The number of rotatable bonds is 3. The molecule has 1 heterocycles. The predicted octanol–water partition coefficient (Wildman–Crippen LogP) is 2.00. The Bertz CT molecular complexity index is 455. The predicted molar refractivity (Wildman–Crippen MR) is 71.6 cm³/mol. The average Bonchev–Trinajstić information content (AvgIpc) is 2.42. The fourth-order valence-corrected chi connectivity index (χ4v) is 2.36. The van der Waals surface area contributed by atoms with Gasteiger partial charge in [0.25, 0.3) is 0 Å². The minimum atomic E-state index is -0.488. The zero-order valence-electron chi connectivity index (χ0n) is 10.9. The number of nitrogens with one attached hydrogen (secondary N) is 2. The quantitative estimate of drug-likeness (QED) is 0.855. The maximum atomic E-state index is 9.53. The number of nitriles is 1. The molecule has 18 heavy (non-hydrogen) atoms. The summed E-state index contributed by atoms with van der Waals surface area (Å²) in [5.74, 6) is 1.07. The van der Waals surface area contributed by atoms with Gasteiger partial charge in [0.05, 0.1) is 13.2 Å². The van der Waals surface area contributed by atoms with Crippen LogP contribution in [0.15, 0.2) is 24.3 Å². The number of benzene rings is 1. The second-order valence-electron chi connectivity index (χ2n) is 4.80. The first-order valence-corrected chi connectivity index (χ1v) is 6.24. The molecule has 1 saturated heterocycles. The monoisotopic (exact) mass is 245 g/mol. The molecule has 0 amide bonds. The van der Waals surface area contributed by atoms with Crippen molar-refractivity contribution in [3.63, 3.8) is 0 Å². The van der Waals surface area contributed by atoms with E-state index in [0.29, 0.717) is 0 Å². The molecule has 4 heteroatoms. The highest BCUT2D eigenvalue weighted by atomic mass is 16.5. The third-order valence-corrected chi connectivity index (χ3v) is 3.62. The third-order valence-electron chi connectivity index (χ3n) is 3.62. The van der Waals surface area contributed by atoms with E-state index >= 15 is 0 Å². The maximum Gasteiger partial charge on any atom is 0.130 e. The first-order chi connectivity index (χ1) is 8.70. The molecular weight excluding hydrogens is 226 g/mol. The van der Waals surface area contributed by atoms with E-state index in [1.165, 1.54) is 0 Å². The van der Waals surface area contributed by atoms with Gasteiger partial charge in [-0.1, -0.05) is 13.0 Å². The van der Waals surface area contributed by atoms with Gasteiger partial charge in [0.1, 0.15) is 11.3 Å². The molecule has 0 saturated carbocycles. The van der Waals surface area contributed by atoms with Gasteiger partial charge in [0.2, 0.25) is 0 Å². The van der Waals surface area contributed by atoms with Crippen LogP contribution in [0.25, 0.3) is 0 Å². The number of methoxy groups -OCH3 is 1. The van der Waals surface area contributed by atoms with E-state index in [4.69, 9.17) is 4.74 Å². The SMILES string of the molecule is COc1cccc(NC2(C#N)CCNCC2C)c1. The van der Waals surface area contributed by atoms with Crippen molar-refractivity contribution in [3.05, 3.63) is 24.3 Å². The van der Waals surface area contributed by atoms with Crippen molar-refractivity contribution in [3.8, 4) is 11.8 Å². The van der Waals surface area contributed by atoms with Crippen LogP contribution in [0, 0.1) is 17.2 Å². The molecule has 1 aromatic carbocycles. The fraction of sp³-hybridized carbons (Fsp3) is 0.500. The number of hydrogen-bond donors (Lipinski definition) is 2. The largest absolute Gasteiger partial charge is 0.497 e. The standard InChI is InChI=1S/C14H19N3O/c1-11-9-16-7-6-14(11,10-15)17-12-4-3-5-13(8-12)18-2/h3-5,8,11,16-17H,6-7,9H2,1-2H3. The molecule has 1 aromatic rings. The number of piperidine rings is 1. The average molecular weight is 245 g/mol. The van der Waals surface area contributed by atoms with Gasteiger partial charge in [0, 0.05) is 24.2 Å². The second kappa shape index (κ2) is 5.28. The van der Waals surface area contributed by atoms with Crippen molar-refractivity contribution in [1.82, 2.24) is 5.32 Å². The normalized spacial score (nSPS) is 27.3. The summed E-state index contributed by atoms with van der Waals surface area (Å²) in [5.41, 5.74) is 0.446. The Balaban J connectivity index is 2.21. The van der Waals surface area contributed by atoms with Crippen LogP contribution in [0.2, 0.25) is 0 Å². The fourth-order valence-electron chi connectivity index (χ4n) is 2.36. The van der Waals surface area contributed by atoms with Crippen molar-refractivity contribution >= 4 is 5.69 Å². The lowest BCUT2D eigenvalue weighted by molar-refractivity contribution is 0.304. The molecule has 96 valence electrons. The molecule has 0 spiro atoms. The third kappa shape index (κ3) is 2.41. The summed E-state index contributed by atoms with van der Waals surface area (Å²) in [4.78, 5) is 0. The minimum Gasteiger partial charge on any atom is -0.497 e. The Labute approximate surface area is 108 Å². The number of nitrogens with zero attached hydrogens (tertiary/aromatic N) is 1. The Kier molecular flexibility index (Phi) is 3.73. The van der Waals surface area contributed by atoms with Crippen LogP contribution >= 0.6 is 0 Å². The lowest BCUT2D eigenvalue weighted by Gasteiger charge is -2.38. The first kappa shape index (κ1) is 12.7. The van der Waals surface area contributed by atoms with Crippen LogP contribution in [0.3, 0.4) is 0 Å². The van der Waals surface area contributed by atoms with Gasteiger partial charge in [-0.05, 0) is 25.1 Å². The van der Waals surface area contributed by atoms with Gasteiger partial charge < -0.3 is 15.4 Å². The van der Waals surface area contributed by atoms with E-state index in [9.17, 15) is 5.26 Å². The topological polar surface area (TPSA) is 57.1 Å². The number of anilines is 1. The lowest BCUT2D eigenvalue weighted by Crippen LogP contribution is -2.53. The molecule has 0 bridgehead atoms. The molecule has 1 aliphatic rings. The maximum absolute atomic E-state index is 9.53. The second-order valence-corrected chi connectivity index (χ2v) is 4.80. The molecule has 0 aromatic heterocycles. The van der Waals surface area contributed by atoms with Crippen LogP contribution in [0.5, 0.6) is 5.75 Å². The van der Waals surface area contributed by atoms with Gasteiger partial charge >= 0.3 is 0 Å². The van der Waals surface area contributed by atoms with Gasteiger partial charge in [-0.2, -0.15) is 5.26 Å². The smallest absolute Gasteiger partial charge is 0.130 e. The van der Waals surface area contributed by atoms with Gasteiger partial charge in [0.15, 0.2) is 0 Å². The summed E-state index contributed by atoms with van der Waals surface area (Å²) in [5, 5.41) is 16.2. The Morgan fingerprint density at radius 1 is 1.56 bits per heavy atom. The summed E-state index contributed by atoms with van der Waals surface area (Å²) in [7, 11) is 1.65. The van der Waals surface area contributed by atoms with Crippen molar-refractivity contribution in [2.75, 3.05) is 25.5 Å². The van der Waals surface area contributed by atoms with E-state index in [2.05, 4.69) is 23.6 Å². The minimum absolute atomic E-state index is 0.266. The lowest BCUT2D eigenvalue weighted by atomic mass is 9.80. The molecule has 1 fully saturated rings. The molecule has 2 atom stereocenters. The van der Waals surface area contributed by atoms with Crippen LogP contribution in [-0.2, 0) is 0 Å². The Morgan fingerprint density at radius 3 is 3.06 bits per heavy atom. The zero-order valence-corrected chi connectivity index (χ0v) is 10.9. The Morgan fingerprint density at radius 2 is 2.39 bits per heavy atom. The van der Waals surface area contributed by atoms with E-state index < -0.39 is 5.54 Å². The molecule has 0 radical (unpaired) electrons. The molecule has 2 unspecified atom stereocenters. The highest BCUT2D eigenvalue weighted by molar-refractivity contribution is 5.52. The van der Waals surface area contributed by atoms with E-state index in [-0.39, 0.29) is 5.92 Å². The van der Waals surface area contributed by atoms with Crippen LogP contribution < -0.4 is 15.4 Å². The van der Waals surface area contributed by atoms with Crippen molar-refractivity contribution in [2.24, 2.45) is 5.92 Å². The summed E-state index contributed by atoms with van der Waals surface area (Å²) >= 11 is 0. The first-order valence-electron chi connectivity index (χ1n) is 6.24. The summed E-state index contributed by atoms with van der Waals surface area (Å²) in [6.45, 7) is 3.84. The van der Waals surface area contributed by atoms with E-state index in [1.54, 1.807) is 7.11 Å². The number of ether oxygens (including phenoxy) is 1. The highest BCUT2D eigenvalue weighted by Crippen LogP contribution is 2.29. The molecule has 2 rings (SSSR count). The van der Waals surface area contributed by atoms with Crippen molar-refractivity contribution in [1.29, 1.82) is 5.26 Å². The van der Waals surface area contributed by atoms with E-state index in [0.717, 1.165) is 30.9 Å². The molecule has 1 aliphatic heterocycles. The van der Waals surface area contributed by atoms with Crippen LogP contribution in [0.1, 0.15) is 13.3 Å². The highest BCUT2D eigenvalue weighted by Gasteiger charge is 2.38. The van der Waals surface area contributed by atoms with Gasteiger partial charge in [-0.15, -0.1) is 0 Å². The molecule has 4 nitrogen and oxygen atoms in total. The van der Waals surface area contributed by atoms with Gasteiger partial charge in [-0.3, -0.25) is 0 Å². The molecular formula is C14H19N3O. The van der Waals surface area contributed by atoms with Crippen molar-refractivity contribution < 1.29 is 4.74 Å². The molecule has 0 aliphatic carbocycles. The molecule has 2 N–H and O–H groups in total. The van der Waals surface area contributed by atoms with Crippen LogP contribution in [0.4, 0.5) is 5.69 Å². The van der Waals surface area contributed by atoms with Crippen molar-refractivity contribution in [2.45, 2.75) is 18.9 Å². The summed E-state index contributed by atoms with van der Waals surface area (Å²) in [6.07, 6.45) is 0.807. The van der Waals surface area contributed by atoms with Gasteiger partial charge in [-0.25, -0.2) is 0 Å². The van der Waals surface area contributed by atoms with E-state index in [1.807, 2.05) is 24.3 Å². The zero-order chi connectivity index (χ0) is 13.0. The summed E-state index contributed by atoms with van der Waals surface area (Å²) in [6, 6.07) is 10.2. The summed E-state index contributed by atoms with van der Waals surface area (Å²) < 4.78 is 5.20.